The van der Waals surface area contributed by atoms with Crippen LogP contribution in [0.2, 0.25) is 0 Å². The van der Waals surface area contributed by atoms with Gasteiger partial charge in [0.2, 0.25) is 0 Å². The first-order chi connectivity index (χ1) is 38.2. The third kappa shape index (κ3) is 13.2. The monoisotopic (exact) mass is 1150 g/mol. The van der Waals surface area contributed by atoms with Gasteiger partial charge in [0.25, 0.3) is 11.1 Å². The Labute approximate surface area is 477 Å². The summed E-state index contributed by atoms with van der Waals surface area (Å²) in [7, 11) is -0.346. The number of Topliss-reactive ketones (excluding diaryl/α,β-unsaturated/α-hetero) is 2. The predicted octanol–water partition coefficient (Wildman–Crippen LogP) is 9.48. The number of morpholine rings is 2. The number of aromatic nitrogens is 4. The molecule has 0 aliphatic carbocycles. The second-order valence-corrected chi connectivity index (χ2v) is 23.5. The number of H-pyrrole nitrogens is 2. The third-order valence-corrected chi connectivity index (χ3v) is 16.7. The average molecular weight is 1150 g/mol. The van der Waals surface area contributed by atoms with E-state index < -0.39 is 0 Å². The predicted molar refractivity (Wildman–Crippen MR) is 316 cm³/mol. The lowest BCUT2D eigenvalue weighted by Gasteiger charge is -2.32. The molecule has 422 valence electrons. The summed E-state index contributed by atoms with van der Waals surface area (Å²) in [4.78, 5) is 69.7. The molecule has 80 heavy (non-hydrogen) atoms. The maximum absolute atomic E-state index is 13.3. The van der Waals surface area contributed by atoms with Crippen LogP contribution in [0.3, 0.4) is 0 Å². The lowest BCUT2D eigenvalue weighted by molar-refractivity contribution is 0.00578. The van der Waals surface area contributed by atoms with Crippen molar-refractivity contribution >= 4 is 51.7 Å². The van der Waals surface area contributed by atoms with Crippen LogP contribution in [0.15, 0.2) is 87.1 Å². The second-order valence-electron chi connectivity index (χ2n) is 22.6. The summed E-state index contributed by atoms with van der Waals surface area (Å²) in [5.41, 5.74) is 10.2. The third-order valence-electron chi connectivity index (χ3n) is 16.1. The van der Waals surface area contributed by atoms with Crippen LogP contribution >= 0.6 is 15.9 Å². The molecule has 2 atom stereocenters. The molecule has 3 saturated heterocycles. The number of aryl methyl sites for hydroxylation is 4. The number of nitrogens with zero attached hydrogens (tertiary/aromatic N) is 4. The Balaban J connectivity index is 0.000000151. The van der Waals surface area contributed by atoms with Gasteiger partial charge in [-0.1, -0.05) is 19.9 Å². The van der Waals surface area contributed by atoms with E-state index in [9.17, 15) is 19.2 Å². The number of anilines is 2. The molecule has 6 aromatic rings. The number of fused-ring (bicyclic) bond motifs is 2. The Bertz CT molecular complexity index is 3330. The SMILES string of the molecule is CC1(C)OB(c2ccc(N3CCOCC3)nc2)OC1(C)C.Cc1cc(C)c(CCC(=O)c2cc(-c3ccc(N4CCOCC4)nc3)c3c(c2)C(C)CO3)c(=O)[nH]1.Cc1cc(C)c(CCC(=O)c2cc(Br)c3c(c2)C(C)CO3)c(=O)[nH]1. The van der Waals surface area contributed by atoms with E-state index in [0.29, 0.717) is 67.9 Å². The maximum Gasteiger partial charge on any atom is 0.496 e. The molecular formula is C62H74BBrN6O10. The molecule has 4 aromatic heterocycles. The highest BCUT2D eigenvalue weighted by molar-refractivity contribution is 9.10. The summed E-state index contributed by atoms with van der Waals surface area (Å²) in [6.07, 6.45) is 5.15. The number of hydrogen-bond donors (Lipinski definition) is 2. The maximum atomic E-state index is 13.3. The van der Waals surface area contributed by atoms with Crippen molar-refractivity contribution in [3.63, 3.8) is 0 Å². The fourth-order valence-electron chi connectivity index (χ4n) is 10.6. The minimum atomic E-state index is -0.346. The quantitative estimate of drug-likeness (QED) is 0.0871. The molecule has 0 radical (unpaired) electrons. The summed E-state index contributed by atoms with van der Waals surface area (Å²) in [5.74, 6) is 4.13. The standard InChI is InChI=1S/C28H31N3O4.C19H20BrNO3.C15H23BN2O3/c1-17-12-19(3)30-28(33)22(17)5-6-25(32)21-13-23-18(2)16-35-27(23)24(14-21)20-4-7-26(29-15-20)31-8-10-34-11-9-31;1-10-6-12(3)21-19(23)14(10)4-5-17(22)13-7-15-11(2)9-24-18(15)16(20)8-13;1-14(2)15(3,4)21-16(20-14)12-5-6-13(17-11-12)18-7-9-19-10-8-18/h4,7,12-15,18H,5-6,8-11,16H2,1-3H3,(H,30,33);6-8,11H,4-5,9H2,1-3H3,(H,21,23);5-6,11H,7-10H2,1-4H3. The van der Waals surface area contributed by atoms with Crippen LogP contribution in [-0.2, 0) is 31.6 Å². The number of hydrogen-bond acceptors (Lipinski definition) is 14. The van der Waals surface area contributed by atoms with E-state index in [1.54, 1.807) is 0 Å². The Hall–Kier alpha value is -6.44. The zero-order valence-corrected chi connectivity index (χ0v) is 49.4. The highest BCUT2D eigenvalue weighted by Crippen LogP contribution is 2.44. The zero-order chi connectivity index (χ0) is 57.0. The molecule has 5 aliphatic rings. The first-order valence-corrected chi connectivity index (χ1v) is 28.6. The van der Waals surface area contributed by atoms with E-state index in [0.717, 1.165) is 117 Å². The van der Waals surface area contributed by atoms with Crippen molar-refractivity contribution in [2.24, 2.45) is 0 Å². The number of carbonyl (C=O) groups is 2. The number of benzene rings is 2. The van der Waals surface area contributed by atoms with Crippen molar-refractivity contribution in [3.8, 4) is 22.6 Å². The van der Waals surface area contributed by atoms with Gasteiger partial charge >= 0.3 is 7.12 Å². The number of rotatable bonds is 12. The minimum absolute atomic E-state index is 0.0189. The van der Waals surface area contributed by atoms with Gasteiger partial charge in [-0.15, -0.1) is 0 Å². The number of aromatic amines is 2. The molecule has 0 spiro atoms. The number of pyridine rings is 4. The van der Waals surface area contributed by atoms with Crippen LogP contribution in [0.25, 0.3) is 11.1 Å². The molecule has 2 unspecified atom stereocenters. The van der Waals surface area contributed by atoms with Gasteiger partial charge in [0.15, 0.2) is 11.6 Å². The van der Waals surface area contributed by atoms with Crippen LogP contribution in [0.4, 0.5) is 11.6 Å². The summed E-state index contributed by atoms with van der Waals surface area (Å²) in [6.45, 7) is 27.6. The fourth-order valence-corrected chi connectivity index (χ4v) is 11.2. The number of ketones is 2. The van der Waals surface area contributed by atoms with Gasteiger partial charge in [0.1, 0.15) is 23.1 Å². The normalized spacial score (nSPS) is 18.7. The number of ether oxygens (including phenoxy) is 4. The molecule has 16 nitrogen and oxygen atoms in total. The zero-order valence-electron chi connectivity index (χ0n) is 47.8. The molecule has 2 N–H and O–H groups in total. The highest BCUT2D eigenvalue weighted by atomic mass is 79.9. The Kier molecular flexibility index (Phi) is 18.0. The summed E-state index contributed by atoms with van der Waals surface area (Å²) in [5, 5.41) is 0. The van der Waals surface area contributed by atoms with Crippen molar-refractivity contribution < 1.29 is 37.8 Å². The molecule has 0 bridgehead atoms. The van der Waals surface area contributed by atoms with E-state index in [4.69, 9.17) is 33.2 Å². The molecule has 5 aliphatic heterocycles. The van der Waals surface area contributed by atoms with Gasteiger partial charge in [-0.3, -0.25) is 19.2 Å². The van der Waals surface area contributed by atoms with Gasteiger partial charge < -0.3 is 48.0 Å². The summed E-state index contributed by atoms with van der Waals surface area (Å²) < 4.78 is 35.4. The van der Waals surface area contributed by atoms with E-state index in [1.807, 2.05) is 101 Å². The molecule has 11 rings (SSSR count). The molecule has 0 saturated carbocycles. The number of halogens is 1. The lowest BCUT2D eigenvalue weighted by Crippen LogP contribution is -2.41. The Morgan fingerprint density at radius 1 is 0.637 bits per heavy atom. The number of carbonyl (C=O) groups excluding carboxylic acids is 2. The van der Waals surface area contributed by atoms with Crippen molar-refractivity contribution in [1.82, 2.24) is 19.9 Å². The van der Waals surface area contributed by atoms with Crippen LogP contribution in [0, 0.1) is 27.7 Å². The Morgan fingerprint density at radius 2 is 1.10 bits per heavy atom. The van der Waals surface area contributed by atoms with Crippen LogP contribution in [-0.4, -0.2) is 116 Å². The fraction of sp³-hybridized carbons (Fsp3) is 0.452. The van der Waals surface area contributed by atoms with Gasteiger partial charge in [-0.2, -0.15) is 0 Å². The summed E-state index contributed by atoms with van der Waals surface area (Å²) in [6, 6.07) is 19.6. The lowest BCUT2D eigenvalue weighted by atomic mass is 9.80. The molecular weight excluding hydrogens is 1080 g/mol. The van der Waals surface area contributed by atoms with Gasteiger partial charge in [0, 0.05) is 125 Å². The highest BCUT2D eigenvalue weighted by Gasteiger charge is 2.52. The molecule has 2 aromatic carbocycles. The van der Waals surface area contributed by atoms with Crippen molar-refractivity contribution in [2.45, 2.75) is 118 Å². The first kappa shape index (κ1) is 58.2. The van der Waals surface area contributed by atoms with Crippen LogP contribution in [0.5, 0.6) is 11.5 Å². The van der Waals surface area contributed by atoms with E-state index in [1.165, 1.54) is 0 Å². The largest absolute Gasteiger partial charge is 0.496 e. The van der Waals surface area contributed by atoms with E-state index >= 15 is 0 Å². The molecule has 18 heteroatoms. The van der Waals surface area contributed by atoms with E-state index in [-0.39, 0.29) is 59.3 Å². The summed E-state index contributed by atoms with van der Waals surface area (Å²) >= 11 is 3.49. The smallest absolute Gasteiger partial charge is 0.492 e. The second kappa shape index (κ2) is 24.7. The van der Waals surface area contributed by atoms with Crippen molar-refractivity contribution in [3.05, 3.63) is 154 Å². The molecule has 0 amide bonds. The number of nitrogens with one attached hydrogen (secondary N) is 2. The van der Waals surface area contributed by atoms with Crippen LogP contribution in [0.1, 0.15) is 132 Å². The van der Waals surface area contributed by atoms with Gasteiger partial charge in [-0.05, 0) is 150 Å². The van der Waals surface area contributed by atoms with Crippen molar-refractivity contribution in [1.29, 1.82) is 0 Å². The van der Waals surface area contributed by atoms with Crippen LogP contribution < -0.4 is 35.9 Å². The van der Waals surface area contributed by atoms with Gasteiger partial charge in [0.05, 0.1) is 55.3 Å². The minimum Gasteiger partial charge on any atom is -0.492 e. The van der Waals surface area contributed by atoms with Crippen molar-refractivity contribution in [2.75, 3.05) is 75.6 Å². The topological polar surface area (TPSA) is 187 Å². The van der Waals surface area contributed by atoms with E-state index in [2.05, 4.69) is 82.2 Å². The van der Waals surface area contributed by atoms with Gasteiger partial charge in [-0.25, -0.2) is 9.97 Å². The first-order valence-electron chi connectivity index (χ1n) is 27.8. The Morgan fingerprint density at radius 3 is 1.56 bits per heavy atom. The molecule has 9 heterocycles. The average Bonchev–Trinajstić information content (AvgIpc) is 4.12. The molecule has 3 fully saturated rings.